The van der Waals surface area contributed by atoms with Gasteiger partial charge in [0.15, 0.2) is 5.49 Å². The van der Waals surface area contributed by atoms with E-state index in [1.807, 2.05) is 102 Å². The van der Waals surface area contributed by atoms with Crippen LogP contribution in [0.3, 0.4) is 0 Å². The third-order valence-corrected chi connectivity index (χ3v) is 5.60. The molecule has 4 rings (SSSR count). The molecule has 0 unspecified atom stereocenters. The van der Waals surface area contributed by atoms with Crippen molar-refractivity contribution in [2.24, 2.45) is 17.0 Å². The van der Waals surface area contributed by atoms with Crippen molar-refractivity contribution >= 4 is 42.8 Å². The first-order valence-corrected chi connectivity index (χ1v) is 10.3. The molecule has 0 N–H and O–H groups in total. The smallest absolute Gasteiger partial charge is 0.779 e. The van der Waals surface area contributed by atoms with Gasteiger partial charge in [-0.3, -0.25) is 9.67 Å². The van der Waals surface area contributed by atoms with Crippen LogP contribution in [0.5, 0.6) is 0 Å². The van der Waals surface area contributed by atoms with E-state index in [-0.39, 0.29) is 17.1 Å². The molecule has 0 bridgehead atoms. The molecule has 4 nitrogen and oxygen atoms in total. The Hall–Kier alpha value is -2.70. The molecule has 0 fully saturated rings. The van der Waals surface area contributed by atoms with Gasteiger partial charge in [-0.05, 0) is 30.7 Å². The van der Waals surface area contributed by atoms with E-state index in [0.717, 1.165) is 38.7 Å². The predicted molar refractivity (Wildman–Crippen MR) is 126 cm³/mol. The van der Waals surface area contributed by atoms with Crippen LogP contribution in [0.2, 0.25) is 0 Å². The second-order valence-corrected chi connectivity index (χ2v) is 7.68. The summed E-state index contributed by atoms with van der Waals surface area (Å²) in [6.45, 7) is 2.03. The molecule has 7 heteroatoms. The van der Waals surface area contributed by atoms with Gasteiger partial charge < -0.3 is 25.3 Å². The van der Waals surface area contributed by atoms with Gasteiger partial charge in [-0.1, -0.05) is 60.7 Å². The molecule has 0 aliphatic rings. The second-order valence-electron chi connectivity index (χ2n) is 6.80. The standard InChI is InChI=1S/C24H22N4S2.Cu/c1-17-23(25-16-18-10-6-8-14-21(18)29)24(26-20-13-7-9-15-22(20)30)28(27(17)2)19-11-4-3-5-12-19;/h3-16,29-30H,1-2H3;/q;+2/p-2. The molecule has 159 valence electrons. The van der Waals surface area contributed by atoms with E-state index >= 15 is 0 Å². The van der Waals surface area contributed by atoms with Gasteiger partial charge in [0.25, 0.3) is 0 Å². The maximum Gasteiger partial charge on any atom is 2.00 e. The van der Waals surface area contributed by atoms with Gasteiger partial charge in [0.05, 0.1) is 11.4 Å². The maximum absolute atomic E-state index is 5.49. The molecule has 0 amide bonds. The van der Waals surface area contributed by atoms with E-state index in [0.29, 0.717) is 4.90 Å². The summed E-state index contributed by atoms with van der Waals surface area (Å²) in [5.41, 5.74) is 5.11. The minimum absolute atomic E-state index is 0. The first-order chi connectivity index (χ1) is 14.6. The summed E-state index contributed by atoms with van der Waals surface area (Å²) >= 11 is 10.9. The minimum Gasteiger partial charge on any atom is -0.779 e. The zero-order valence-electron chi connectivity index (χ0n) is 17.0. The van der Waals surface area contributed by atoms with Gasteiger partial charge in [0, 0.05) is 18.9 Å². The van der Waals surface area contributed by atoms with E-state index in [4.69, 9.17) is 35.2 Å². The topological polar surface area (TPSA) is 34.6 Å². The number of aromatic nitrogens is 2. The molecule has 0 spiro atoms. The molecular formula is C24H20CuN4S2. The third kappa shape index (κ3) is 4.81. The van der Waals surface area contributed by atoms with Gasteiger partial charge in [0.2, 0.25) is 0 Å². The third-order valence-electron chi connectivity index (χ3n) is 4.88. The second kappa shape index (κ2) is 10.1. The Morgan fingerprint density at radius 1 is 0.806 bits per heavy atom. The largest absolute Gasteiger partial charge is 2.00 e. The predicted octanol–water partition coefficient (Wildman–Crippen LogP) is 4.92. The molecular weight excluding hydrogens is 472 g/mol. The van der Waals surface area contributed by atoms with Crippen molar-refractivity contribution in [1.29, 1.82) is 0 Å². The normalized spacial score (nSPS) is 11.6. The first-order valence-electron chi connectivity index (χ1n) is 9.51. The van der Waals surface area contributed by atoms with Crippen LogP contribution in [-0.2, 0) is 49.4 Å². The molecule has 0 aliphatic carbocycles. The molecule has 4 aromatic rings. The van der Waals surface area contributed by atoms with Crippen molar-refractivity contribution in [2.45, 2.75) is 16.7 Å². The Balaban J connectivity index is 0.00000272. The number of nitrogens with zero attached hydrogens (tertiary/aromatic N) is 4. The summed E-state index contributed by atoms with van der Waals surface area (Å²) in [6, 6.07) is 25.5. The van der Waals surface area contributed by atoms with Crippen LogP contribution in [-0.4, -0.2) is 15.6 Å². The van der Waals surface area contributed by atoms with Crippen LogP contribution in [0, 0.1) is 6.92 Å². The zero-order valence-corrected chi connectivity index (χ0v) is 19.6. The monoisotopic (exact) mass is 491 g/mol. The molecule has 0 saturated heterocycles. The average Bonchev–Trinajstić information content (AvgIpc) is 2.99. The van der Waals surface area contributed by atoms with Crippen LogP contribution >= 0.6 is 0 Å². The van der Waals surface area contributed by atoms with E-state index in [1.54, 1.807) is 6.21 Å². The number of benzene rings is 3. The molecule has 1 aromatic heterocycles. The van der Waals surface area contributed by atoms with Crippen molar-refractivity contribution in [2.75, 3.05) is 0 Å². The summed E-state index contributed by atoms with van der Waals surface area (Å²) in [7, 11) is 2.00. The van der Waals surface area contributed by atoms with Crippen LogP contribution in [0.4, 0.5) is 11.4 Å². The number of hydrogen-bond donors (Lipinski definition) is 0. The Labute approximate surface area is 203 Å². The van der Waals surface area contributed by atoms with Crippen LogP contribution in [0.25, 0.3) is 5.69 Å². The number of rotatable bonds is 4. The van der Waals surface area contributed by atoms with Gasteiger partial charge in [0.1, 0.15) is 5.69 Å². The van der Waals surface area contributed by atoms with Crippen LogP contribution < -0.4 is 5.49 Å². The van der Waals surface area contributed by atoms with Gasteiger partial charge in [-0.15, -0.1) is 4.90 Å². The quantitative estimate of drug-likeness (QED) is 0.231. The Bertz CT molecular complexity index is 1290. The van der Waals surface area contributed by atoms with Crippen molar-refractivity contribution in [3.63, 3.8) is 0 Å². The summed E-state index contributed by atoms with van der Waals surface area (Å²) in [6.07, 6.45) is 1.80. The number of aliphatic imine (C=N–C) groups is 1. The van der Waals surface area contributed by atoms with E-state index in [2.05, 4.69) is 0 Å². The maximum atomic E-state index is 5.49. The molecule has 0 saturated carbocycles. The van der Waals surface area contributed by atoms with Crippen molar-refractivity contribution < 1.29 is 17.1 Å². The molecule has 3 aromatic carbocycles. The van der Waals surface area contributed by atoms with E-state index in [9.17, 15) is 0 Å². The Morgan fingerprint density at radius 2 is 1.42 bits per heavy atom. The summed E-state index contributed by atoms with van der Waals surface area (Å²) < 4.78 is 4.09. The summed E-state index contributed by atoms with van der Waals surface area (Å²) in [5, 5.41) is 0. The Morgan fingerprint density at radius 3 is 2.10 bits per heavy atom. The van der Waals surface area contributed by atoms with Crippen molar-refractivity contribution in [3.05, 3.63) is 95.6 Å². The fourth-order valence-electron chi connectivity index (χ4n) is 3.21. The fourth-order valence-corrected chi connectivity index (χ4v) is 3.60. The minimum atomic E-state index is 0. The fraction of sp³-hybridized carbons (Fsp3) is 0.0833. The van der Waals surface area contributed by atoms with E-state index < -0.39 is 0 Å². The van der Waals surface area contributed by atoms with Gasteiger partial charge in [-0.25, -0.2) is 9.67 Å². The van der Waals surface area contributed by atoms with Crippen LogP contribution in [0.15, 0.2) is 98.6 Å². The van der Waals surface area contributed by atoms with Gasteiger partial charge >= 0.3 is 17.1 Å². The molecule has 0 atom stereocenters. The van der Waals surface area contributed by atoms with Crippen LogP contribution in [0.1, 0.15) is 11.3 Å². The van der Waals surface area contributed by atoms with E-state index in [1.165, 1.54) is 0 Å². The average molecular weight is 492 g/mol. The summed E-state index contributed by atoms with van der Waals surface area (Å²) in [4.78, 5) is 11.2. The molecule has 1 radical (unpaired) electrons. The van der Waals surface area contributed by atoms with Crippen molar-refractivity contribution in [3.8, 4) is 5.69 Å². The SMILES string of the molecule is Cc1c(N=Cc2ccccc2[S-])c(=Nc2ccccc2[S-])n(-c2ccccc2)n1C.[Cu+2]. The molecule has 1 heterocycles. The Kier molecular flexibility index (Phi) is 7.46. The number of para-hydroxylation sites is 2. The zero-order chi connectivity index (χ0) is 21.1. The number of hydrogen-bond acceptors (Lipinski definition) is 4. The summed E-state index contributed by atoms with van der Waals surface area (Å²) in [5.74, 6) is 0. The van der Waals surface area contributed by atoms with Gasteiger partial charge in [-0.2, -0.15) is 4.90 Å². The molecule has 31 heavy (non-hydrogen) atoms. The first kappa shape index (κ1) is 23.0. The van der Waals surface area contributed by atoms with Crippen molar-refractivity contribution in [1.82, 2.24) is 9.36 Å². The molecule has 0 aliphatic heterocycles.